The Kier molecular flexibility index (Phi) is 3.74. The lowest BCUT2D eigenvalue weighted by Gasteiger charge is -2.17. The number of rotatable bonds is 4. The maximum atomic E-state index is 13.6. The van der Waals surface area contributed by atoms with Crippen LogP contribution in [0.1, 0.15) is 29.9 Å². The maximum absolute atomic E-state index is 13.6. The van der Waals surface area contributed by atoms with Gasteiger partial charge in [0.05, 0.1) is 0 Å². The molecule has 0 aliphatic rings. The standard InChI is InChI=1S/C13H17FN4/c1-3-18-7-6-16-13(18)12(17-15)10-5-4-9(2)11(14)8-10/h4-8,12,17H,3,15H2,1-2H3. The molecule has 1 aromatic carbocycles. The van der Waals surface area contributed by atoms with Crippen molar-refractivity contribution in [1.29, 1.82) is 0 Å². The monoisotopic (exact) mass is 248 g/mol. The van der Waals surface area contributed by atoms with E-state index >= 15 is 0 Å². The van der Waals surface area contributed by atoms with Crippen molar-refractivity contribution in [3.63, 3.8) is 0 Å². The van der Waals surface area contributed by atoms with Gasteiger partial charge in [-0.3, -0.25) is 5.84 Å². The van der Waals surface area contributed by atoms with E-state index in [9.17, 15) is 4.39 Å². The summed E-state index contributed by atoms with van der Waals surface area (Å²) < 4.78 is 15.6. The van der Waals surface area contributed by atoms with E-state index in [1.54, 1.807) is 19.2 Å². The molecular weight excluding hydrogens is 231 g/mol. The molecule has 0 radical (unpaired) electrons. The predicted octanol–water partition coefficient (Wildman–Crippen LogP) is 1.90. The van der Waals surface area contributed by atoms with Gasteiger partial charge in [0.1, 0.15) is 17.7 Å². The Labute approximate surface area is 106 Å². The molecule has 1 aromatic heterocycles. The summed E-state index contributed by atoms with van der Waals surface area (Å²) in [6.07, 6.45) is 3.60. The molecular formula is C13H17FN4. The van der Waals surface area contributed by atoms with E-state index in [0.717, 1.165) is 17.9 Å². The van der Waals surface area contributed by atoms with Crippen molar-refractivity contribution in [2.75, 3.05) is 0 Å². The first-order valence-electron chi connectivity index (χ1n) is 5.90. The highest BCUT2D eigenvalue weighted by molar-refractivity contribution is 5.29. The van der Waals surface area contributed by atoms with E-state index in [4.69, 9.17) is 5.84 Å². The molecule has 18 heavy (non-hydrogen) atoms. The zero-order valence-corrected chi connectivity index (χ0v) is 10.5. The number of nitrogens with one attached hydrogen (secondary N) is 1. The van der Waals surface area contributed by atoms with Crippen molar-refractivity contribution in [3.05, 3.63) is 53.4 Å². The molecule has 5 heteroatoms. The number of hydrazine groups is 1. The van der Waals surface area contributed by atoms with Gasteiger partial charge in [0.15, 0.2) is 0 Å². The Bertz CT molecular complexity index is 536. The summed E-state index contributed by atoms with van der Waals surface area (Å²) in [5, 5.41) is 0. The molecule has 1 unspecified atom stereocenters. The summed E-state index contributed by atoms with van der Waals surface area (Å²) in [7, 11) is 0. The van der Waals surface area contributed by atoms with Crippen LogP contribution < -0.4 is 11.3 Å². The summed E-state index contributed by atoms with van der Waals surface area (Å²) in [6.45, 7) is 4.55. The van der Waals surface area contributed by atoms with Gasteiger partial charge in [-0.15, -0.1) is 0 Å². The molecule has 0 aliphatic heterocycles. The van der Waals surface area contributed by atoms with E-state index in [2.05, 4.69) is 10.4 Å². The van der Waals surface area contributed by atoms with Crippen LogP contribution in [0.4, 0.5) is 4.39 Å². The van der Waals surface area contributed by atoms with Crippen LogP contribution in [-0.2, 0) is 6.54 Å². The second-order valence-corrected chi connectivity index (χ2v) is 4.18. The summed E-state index contributed by atoms with van der Waals surface area (Å²) in [4.78, 5) is 4.28. The Hall–Kier alpha value is -1.72. The molecule has 0 fully saturated rings. The van der Waals surface area contributed by atoms with Gasteiger partial charge in [-0.2, -0.15) is 0 Å². The molecule has 0 saturated heterocycles. The number of nitrogens with two attached hydrogens (primary N) is 1. The van der Waals surface area contributed by atoms with Crippen molar-refractivity contribution >= 4 is 0 Å². The first-order chi connectivity index (χ1) is 8.67. The van der Waals surface area contributed by atoms with Gasteiger partial charge in [0.2, 0.25) is 0 Å². The minimum Gasteiger partial charge on any atom is -0.334 e. The molecule has 4 nitrogen and oxygen atoms in total. The molecule has 0 saturated carbocycles. The SMILES string of the molecule is CCn1ccnc1C(NN)c1ccc(C)c(F)c1. The highest BCUT2D eigenvalue weighted by Crippen LogP contribution is 2.22. The summed E-state index contributed by atoms with van der Waals surface area (Å²) in [5.74, 6) is 6.13. The highest BCUT2D eigenvalue weighted by Gasteiger charge is 2.18. The van der Waals surface area contributed by atoms with Crippen molar-refractivity contribution in [2.24, 2.45) is 5.84 Å². The Balaban J connectivity index is 2.42. The second kappa shape index (κ2) is 5.29. The maximum Gasteiger partial charge on any atom is 0.131 e. The van der Waals surface area contributed by atoms with Gasteiger partial charge in [-0.05, 0) is 31.0 Å². The summed E-state index contributed by atoms with van der Waals surface area (Å²) >= 11 is 0. The van der Waals surface area contributed by atoms with Crippen LogP contribution in [0, 0.1) is 12.7 Å². The number of aryl methyl sites for hydroxylation is 2. The largest absolute Gasteiger partial charge is 0.334 e. The molecule has 2 aromatic rings. The van der Waals surface area contributed by atoms with Crippen molar-refractivity contribution in [2.45, 2.75) is 26.4 Å². The number of nitrogens with zero attached hydrogens (tertiary/aromatic N) is 2. The first-order valence-corrected chi connectivity index (χ1v) is 5.90. The smallest absolute Gasteiger partial charge is 0.131 e. The lowest BCUT2D eigenvalue weighted by atomic mass is 10.0. The van der Waals surface area contributed by atoms with E-state index in [0.29, 0.717) is 5.56 Å². The lowest BCUT2D eigenvalue weighted by molar-refractivity contribution is 0.553. The van der Waals surface area contributed by atoms with Crippen molar-refractivity contribution in [3.8, 4) is 0 Å². The van der Waals surface area contributed by atoms with E-state index < -0.39 is 0 Å². The van der Waals surface area contributed by atoms with Crippen LogP contribution in [0.3, 0.4) is 0 Å². The first kappa shape index (κ1) is 12.7. The molecule has 0 spiro atoms. The molecule has 1 atom stereocenters. The van der Waals surface area contributed by atoms with Gasteiger partial charge in [-0.25, -0.2) is 14.8 Å². The number of aromatic nitrogens is 2. The topological polar surface area (TPSA) is 55.9 Å². The minimum absolute atomic E-state index is 0.234. The zero-order valence-electron chi connectivity index (χ0n) is 10.5. The van der Waals surface area contributed by atoms with Crippen LogP contribution in [0.15, 0.2) is 30.6 Å². The fourth-order valence-electron chi connectivity index (χ4n) is 1.96. The summed E-state index contributed by atoms with van der Waals surface area (Å²) in [6, 6.07) is 4.79. The Morgan fingerprint density at radius 2 is 2.28 bits per heavy atom. The fourth-order valence-corrected chi connectivity index (χ4v) is 1.96. The number of hydrogen-bond acceptors (Lipinski definition) is 3. The molecule has 96 valence electrons. The van der Waals surface area contributed by atoms with E-state index in [1.807, 2.05) is 23.8 Å². The number of benzene rings is 1. The molecule has 0 aliphatic carbocycles. The van der Waals surface area contributed by atoms with Crippen LogP contribution in [-0.4, -0.2) is 9.55 Å². The molecule has 0 amide bonds. The Morgan fingerprint density at radius 3 is 2.89 bits per heavy atom. The fraction of sp³-hybridized carbons (Fsp3) is 0.308. The van der Waals surface area contributed by atoms with E-state index in [1.165, 1.54) is 6.07 Å². The number of hydrogen-bond donors (Lipinski definition) is 2. The van der Waals surface area contributed by atoms with Gasteiger partial charge >= 0.3 is 0 Å². The van der Waals surface area contributed by atoms with Gasteiger partial charge in [0, 0.05) is 18.9 Å². The zero-order chi connectivity index (χ0) is 13.1. The van der Waals surface area contributed by atoms with Crippen molar-refractivity contribution < 1.29 is 4.39 Å². The third-order valence-electron chi connectivity index (χ3n) is 3.04. The van der Waals surface area contributed by atoms with E-state index in [-0.39, 0.29) is 11.9 Å². The average Bonchev–Trinajstić information content (AvgIpc) is 2.83. The molecule has 0 bridgehead atoms. The van der Waals surface area contributed by atoms with Crippen LogP contribution >= 0.6 is 0 Å². The number of imidazole rings is 1. The van der Waals surface area contributed by atoms with Gasteiger partial charge in [-0.1, -0.05) is 12.1 Å². The third kappa shape index (κ3) is 2.27. The highest BCUT2D eigenvalue weighted by atomic mass is 19.1. The van der Waals surface area contributed by atoms with Crippen LogP contribution in [0.25, 0.3) is 0 Å². The predicted molar refractivity (Wildman–Crippen MR) is 68.2 cm³/mol. The van der Waals surface area contributed by atoms with Gasteiger partial charge < -0.3 is 4.57 Å². The molecule has 2 rings (SSSR count). The molecule has 1 heterocycles. The minimum atomic E-state index is -0.310. The average molecular weight is 248 g/mol. The second-order valence-electron chi connectivity index (χ2n) is 4.18. The number of halogens is 1. The summed E-state index contributed by atoms with van der Waals surface area (Å²) in [5.41, 5.74) is 4.08. The molecule has 3 N–H and O–H groups in total. The lowest BCUT2D eigenvalue weighted by Crippen LogP contribution is -2.31. The van der Waals surface area contributed by atoms with Crippen molar-refractivity contribution in [1.82, 2.24) is 15.0 Å². The third-order valence-corrected chi connectivity index (χ3v) is 3.04. The van der Waals surface area contributed by atoms with Gasteiger partial charge in [0.25, 0.3) is 0 Å². The van der Waals surface area contributed by atoms with Crippen LogP contribution in [0.5, 0.6) is 0 Å². The van der Waals surface area contributed by atoms with Crippen LogP contribution in [0.2, 0.25) is 0 Å². The quantitative estimate of drug-likeness (QED) is 0.642. The normalized spacial score (nSPS) is 12.7. The Morgan fingerprint density at radius 1 is 1.50 bits per heavy atom.